The van der Waals surface area contributed by atoms with Gasteiger partial charge in [-0.25, -0.2) is 4.79 Å². The van der Waals surface area contributed by atoms with Crippen LogP contribution < -0.4 is 0 Å². The monoisotopic (exact) mass is 390 g/mol. The number of hydrogen-bond acceptors (Lipinski definition) is 5. The van der Waals surface area contributed by atoms with Crippen molar-refractivity contribution in [3.05, 3.63) is 39.9 Å². The Balaban J connectivity index is 1.92. The molecule has 1 saturated heterocycles. The number of non-ortho nitro benzene ring substituents is 1. The Morgan fingerprint density at radius 3 is 2.46 bits per heavy atom. The molecule has 1 saturated carbocycles. The zero-order valence-corrected chi connectivity index (χ0v) is 16.4. The summed E-state index contributed by atoms with van der Waals surface area (Å²) in [5.74, 6) is -1.21. The Kier molecular flexibility index (Phi) is 5.18. The first-order valence-electron chi connectivity index (χ1n) is 9.50. The number of carbonyl (C=O) groups excluding carboxylic acids is 1. The summed E-state index contributed by atoms with van der Waals surface area (Å²) in [5, 5.41) is 20.7. The molecule has 0 aromatic heterocycles. The van der Waals surface area contributed by atoms with Crippen LogP contribution in [0.5, 0.6) is 0 Å². The summed E-state index contributed by atoms with van der Waals surface area (Å²) < 4.78 is 5.94. The van der Waals surface area contributed by atoms with Crippen molar-refractivity contribution in [3.63, 3.8) is 0 Å². The van der Waals surface area contributed by atoms with Gasteiger partial charge < -0.3 is 9.84 Å². The molecule has 152 valence electrons. The number of carbonyl (C=O) groups is 2. The summed E-state index contributed by atoms with van der Waals surface area (Å²) in [7, 11) is 0. The summed E-state index contributed by atoms with van der Waals surface area (Å²) in [6, 6.07) is 4.30. The lowest BCUT2D eigenvalue weighted by Gasteiger charge is -2.46. The molecular weight excluding hydrogens is 364 g/mol. The van der Waals surface area contributed by atoms with Gasteiger partial charge in [0.05, 0.1) is 11.5 Å². The minimum atomic E-state index is -1.13. The first-order chi connectivity index (χ1) is 13.0. The van der Waals surface area contributed by atoms with Gasteiger partial charge >= 0.3 is 5.97 Å². The van der Waals surface area contributed by atoms with Gasteiger partial charge in [0.1, 0.15) is 5.72 Å². The number of carboxylic acid groups (broad SMARTS) is 1. The fraction of sp³-hybridized carbons (Fsp3) is 0.600. The van der Waals surface area contributed by atoms with Crippen LogP contribution in [0.15, 0.2) is 24.3 Å². The Hall–Kier alpha value is -2.48. The van der Waals surface area contributed by atoms with Crippen molar-refractivity contribution in [1.82, 2.24) is 4.90 Å². The average Bonchev–Trinajstić information content (AvgIpc) is 2.99. The number of amides is 1. The molecule has 1 aliphatic heterocycles. The molecule has 1 N–H and O–H groups in total. The number of nitrogens with zero attached hydrogens (tertiary/aromatic N) is 2. The number of rotatable bonds is 3. The summed E-state index contributed by atoms with van der Waals surface area (Å²) in [4.78, 5) is 36.8. The molecule has 1 aliphatic carbocycles. The third-order valence-electron chi connectivity index (χ3n) is 6.06. The molecule has 2 fully saturated rings. The molecule has 1 aromatic rings. The van der Waals surface area contributed by atoms with Crippen molar-refractivity contribution in [2.45, 2.75) is 58.2 Å². The maximum Gasteiger partial charge on any atom is 0.328 e. The third-order valence-corrected chi connectivity index (χ3v) is 6.06. The highest BCUT2D eigenvalue weighted by Crippen LogP contribution is 2.47. The van der Waals surface area contributed by atoms with E-state index in [0.29, 0.717) is 18.8 Å². The number of ether oxygens (including phenoxy) is 1. The summed E-state index contributed by atoms with van der Waals surface area (Å²) in [6.45, 7) is 6.46. The topological polar surface area (TPSA) is 110 Å². The first-order valence-corrected chi connectivity index (χ1v) is 9.50. The van der Waals surface area contributed by atoms with Gasteiger partial charge in [0.2, 0.25) is 0 Å². The lowest BCUT2D eigenvalue weighted by Crippen LogP contribution is -2.55. The molecule has 2 aliphatic rings. The minimum Gasteiger partial charge on any atom is -0.480 e. The fourth-order valence-corrected chi connectivity index (χ4v) is 4.38. The predicted molar refractivity (Wildman–Crippen MR) is 101 cm³/mol. The molecule has 8 nitrogen and oxygen atoms in total. The van der Waals surface area contributed by atoms with Gasteiger partial charge in [-0.15, -0.1) is 0 Å². The molecule has 1 spiro atoms. The molecule has 1 atom stereocenters. The van der Waals surface area contributed by atoms with Gasteiger partial charge in [0, 0.05) is 17.7 Å². The average molecular weight is 390 g/mol. The van der Waals surface area contributed by atoms with Crippen LogP contribution in [0.3, 0.4) is 0 Å². The van der Waals surface area contributed by atoms with E-state index >= 15 is 0 Å². The van der Waals surface area contributed by atoms with Gasteiger partial charge in [0.25, 0.3) is 11.6 Å². The van der Waals surface area contributed by atoms with E-state index in [1.807, 2.05) is 0 Å². The van der Waals surface area contributed by atoms with Crippen LogP contribution >= 0.6 is 0 Å². The Morgan fingerprint density at radius 1 is 1.29 bits per heavy atom. The minimum absolute atomic E-state index is 0.0732. The SMILES string of the molecule is CC(C)(C)C1CCC2(CC1)OC[C@@H](C(=O)O)N2C(=O)c1cccc([N+](=O)[O-])c1. The number of hydrogen-bond donors (Lipinski definition) is 1. The largest absolute Gasteiger partial charge is 0.480 e. The smallest absolute Gasteiger partial charge is 0.328 e. The molecule has 3 rings (SSSR count). The predicted octanol–water partition coefficient (Wildman–Crippen LogP) is 3.45. The second kappa shape index (κ2) is 7.16. The van der Waals surface area contributed by atoms with Gasteiger partial charge in [-0.3, -0.25) is 19.8 Å². The second-order valence-electron chi connectivity index (χ2n) is 8.73. The summed E-state index contributed by atoms with van der Waals surface area (Å²) >= 11 is 0. The van der Waals surface area contributed by atoms with Crippen LogP contribution in [0.25, 0.3) is 0 Å². The number of nitro benzene ring substituents is 1. The lowest BCUT2D eigenvalue weighted by atomic mass is 9.70. The Morgan fingerprint density at radius 2 is 1.93 bits per heavy atom. The zero-order valence-electron chi connectivity index (χ0n) is 16.4. The molecule has 0 radical (unpaired) electrons. The zero-order chi connectivity index (χ0) is 20.7. The first kappa shape index (κ1) is 20.3. The standard InChI is InChI=1S/C20H26N2O6/c1-19(2,3)14-7-9-20(10-8-14)21(16(12-28-20)18(24)25)17(23)13-5-4-6-15(11-13)22(26)27/h4-6,11,14,16H,7-10,12H2,1-3H3,(H,24,25)/t14?,16-,20?/m0/s1. The van der Waals surface area contributed by atoms with Crippen molar-refractivity contribution in [3.8, 4) is 0 Å². The Labute approximate surface area is 163 Å². The highest BCUT2D eigenvalue weighted by atomic mass is 16.6. The molecule has 28 heavy (non-hydrogen) atoms. The molecule has 1 aromatic carbocycles. The van der Waals surface area contributed by atoms with E-state index in [-0.39, 0.29) is 23.3 Å². The van der Waals surface area contributed by atoms with Gasteiger partial charge in [0.15, 0.2) is 6.04 Å². The highest BCUT2D eigenvalue weighted by Gasteiger charge is 2.54. The van der Waals surface area contributed by atoms with Crippen LogP contribution in [0.2, 0.25) is 0 Å². The van der Waals surface area contributed by atoms with E-state index in [2.05, 4.69) is 20.8 Å². The molecule has 8 heteroatoms. The van der Waals surface area contributed by atoms with Crippen LogP contribution in [-0.2, 0) is 9.53 Å². The van der Waals surface area contributed by atoms with Crippen LogP contribution in [0, 0.1) is 21.4 Å². The number of nitro groups is 1. The van der Waals surface area contributed by atoms with Crippen LogP contribution in [0.4, 0.5) is 5.69 Å². The van der Waals surface area contributed by atoms with E-state index in [0.717, 1.165) is 12.8 Å². The van der Waals surface area contributed by atoms with E-state index in [1.165, 1.54) is 29.2 Å². The van der Waals surface area contributed by atoms with Crippen LogP contribution in [0.1, 0.15) is 56.8 Å². The van der Waals surface area contributed by atoms with E-state index in [4.69, 9.17) is 4.74 Å². The second-order valence-corrected chi connectivity index (χ2v) is 8.73. The van der Waals surface area contributed by atoms with E-state index < -0.39 is 28.6 Å². The molecule has 0 unspecified atom stereocenters. The van der Waals surface area contributed by atoms with E-state index in [9.17, 15) is 24.8 Å². The van der Waals surface area contributed by atoms with Gasteiger partial charge in [-0.05, 0) is 43.1 Å². The van der Waals surface area contributed by atoms with Crippen LogP contribution in [-0.4, -0.2) is 45.2 Å². The van der Waals surface area contributed by atoms with E-state index in [1.54, 1.807) is 0 Å². The van der Waals surface area contributed by atoms with Crippen molar-refractivity contribution in [2.24, 2.45) is 11.3 Å². The molecular formula is C20H26N2O6. The maximum absolute atomic E-state index is 13.2. The quantitative estimate of drug-likeness (QED) is 0.625. The van der Waals surface area contributed by atoms with Gasteiger partial charge in [-0.2, -0.15) is 0 Å². The van der Waals surface area contributed by atoms with Crippen molar-refractivity contribution in [2.75, 3.05) is 6.61 Å². The number of benzene rings is 1. The number of carboxylic acids is 1. The van der Waals surface area contributed by atoms with Crippen molar-refractivity contribution in [1.29, 1.82) is 0 Å². The molecule has 0 bridgehead atoms. The lowest BCUT2D eigenvalue weighted by molar-refractivity contribution is -0.384. The van der Waals surface area contributed by atoms with Gasteiger partial charge in [-0.1, -0.05) is 26.8 Å². The maximum atomic E-state index is 13.2. The third kappa shape index (κ3) is 3.61. The Bertz CT molecular complexity index is 792. The highest BCUT2D eigenvalue weighted by molar-refractivity contribution is 5.98. The summed E-state index contributed by atoms with van der Waals surface area (Å²) in [5.41, 5.74) is -0.944. The number of aliphatic carboxylic acids is 1. The van der Waals surface area contributed by atoms with Crippen molar-refractivity contribution < 1.29 is 24.4 Å². The van der Waals surface area contributed by atoms with Crippen molar-refractivity contribution >= 4 is 17.6 Å². The molecule has 1 amide bonds. The molecule has 1 heterocycles. The normalized spacial score (nSPS) is 27.8. The summed E-state index contributed by atoms with van der Waals surface area (Å²) in [6.07, 6.45) is 2.77. The fourth-order valence-electron chi connectivity index (χ4n) is 4.38.